The lowest BCUT2D eigenvalue weighted by Crippen LogP contribution is -1.73. The number of H-pyrrole nitrogens is 1. The first-order valence-corrected chi connectivity index (χ1v) is 4.42. The summed E-state index contributed by atoms with van der Waals surface area (Å²) in [5, 5.41) is 1.04. The summed E-state index contributed by atoms with van der Waals surface area (Å²) in [5.41, 5.74) is 1.61. The number of hydrogen-bond acceptors (Lipinski definition) is 0. The molecule has 0 saturated carbocycles. The molecule has 0 aliphatic carbocycles. The minimum atomic E-state index is -0.438. The summed E-state index contributed by atoms with van der Waals surface area (Å²) in [5.74, 6) is 0. The zero-order valence-corrected chi connectivity index (χ0v) is 7.86. The van der Waals surface area contributed by atoms with Crippen LogP contribution in [0.5, 0.6) is 0 Å². The lowest BCUT2D eigenvalue weighted by molar-refractivity contribution is 0.478. The molecule has 0 aliphatic heterocycles. The van der Waals surface area contributed by atoms with Gasteiger partial charge in [-0.1, -0.05) is 15.9 Å². The van der Waals surface area contributed by atoms with Gasteiger partial charge >= 0.3 is 0 Å². The zero-order chi connectivity index (χ0) is 8.55. The average Bonchev–Trinajstić information content (AvgIpc) is 2.46. The average molecular weight is 228 g/mol. The molecular weight excluding hydrogens is 221 g/mol. The summed E-state index contributed by atoms with van der Waals surface area (Å²) in [6, 6.07) is 7.64. The Bertz CT molecular complexity index is 408. The van der Waals surface area contributed by atoms with Gasteiger partial charge in [-0.2, -0.15) is 0 Å². The number of hydrogen-bond donors (Lipinski definition) is 1. The third-order valence-electron chi connectivity index (χ3n) is 1.78. The molecule has 0 radical (unpaired) electrons. The van der Waals surface area contributed by atoms with Gasteiger partial charge in [0, 0.05) is 21.1 Å². The summed E-state index contributed by atoms with van der Waals surface area (Å²) in [6.07, 6.45) is 0. The molecule has 0 aliphatic rings. The van der Waals surface area contributed by atoms with Gasteiger partial charge in [0.25, 0.3) is 0 Å². The second kappa shape index (κ2) is 2.90. The molecule has 1 heterocycles. The van der Waals surface area contributed by atoms with Crippen LogP contribution in [0.1, 0.15) is 5.69 Å². The first-order chi connectivity index (χ1) is 5.79. The van der Waals surface area contributed by atoms with Gasteiger partial charge in [0.15, 0.2) is 0 Å². The van der Waals surface area contributed by atoms with Gasteiger partial charge in [-0.25, -0.2) is 4.39 Å². The van der Waals surface area contributed by atoms with Crippen LogP contribution in [0.2, 0.25) is 0 Å². The molecule has 0 amide bonds. The van der Waals surface area contributed by atoms with Gasteiger partial charge in [0.05, 0.1) is 0 Å². The highest BCUT2D eigenvalue weighted by atomic mass is 79.9. The summed E-state index contributed by atoms with van der Waals surface area (Å²) in [7, 11) is 0. The SMILES string of the molecule is FCc1cc2cc(Br)ccc2[nH]1. The molecule has 3 heteroatoms. The van der Waals surface area contributed by atoms with Crippen LogP contribution in [0.4, 0.5) is 4.39 Å². The molecule has 1 aromatic carbocycles. The van der Waals surface area contributed by atoms with Gasteiger partial charge in [-0.05, 0) is 24.3 Å². The number of nitrogens with one attached hydrogen (secondary N) is 1. The predicted molar refractivity (Wildman–Crippen MR) is 50.8 cm³/mol. The maximum absolute atomic E-state index is 12.2. The van der Waals surface area contributed by atoms with E-state index in [0.29, 0.717) is 5.69 Å². The fourth-order valence-corrected chi connectivity index (χ4v) is 1.61. The van der Waals surface area contributed by atoms with Crippen molar-refractivity contribution in [2.75, 3.05) is 0 Å². The van der Waals surface area contributed by atoms with Crippen LogP contribution < -0.4 is 0 Å². The Kier molecular flexibility index (Phi) is 1.89. The molecule has 1 aromatic heterocycles. The van der Waals surface area contributed by atoms with Gasteiger partial charge in [0.1, 0.15) is 6.67 Å². The maximum Gasteiger partial charge on any atom is 0.129 e. The Hall–Kier alpha value is -0.830. The van der Waals surface area contributed by atoms with Crippen LogP contribution in [0.15, 0.2) is 28.7 Å². The van der Waals surface area contributed by atoms with E-state index in [2.05, 4.69) is 20.9 Å². The first-order valence-electron chi connectivity index (χ1n) is 3.63. The van der Waals surface area contributed by atoms with E-state index in [1.54, 1.807) is 0 Å². The van der Waals surface area contributed by atoms with Crippen LogP contribution in [-0.2, 0) is 6.67 Å². The maximum atomic E-state index is 12.2. The van der Waals surface area contributed by atoms with Gasteiger partial charge in [-0.15, -0.1) is 0 Å². The fourth-order valence-electron chi connectivity index (χ4n) is 1.24. The van der Waals surface area contributed by atoms with Crippen molar-refractivity contribution in [3.63, 3.8) is 0 Å². The van der Waals surface area contributed by atoms with E-state index in [0.717, 1.165) is 15.4 Å². The quantitative estimate of drug-likeness (QED) is 0.769. The second-order valence-electron chi connectivity index (χ2n) is 2.66. The molecule has 2 rings (SSSR count). The lowest BCUT2D eigenvalue weighted by atomic mass is 10.2. The second-order valence-corrected chi connectivity index (χ2v) is 3.58. The van der Waals surface area contributed by atoms with E-state index in [1.165, 1.54) is 0 Å². The smallest absolute Gasteiger partial charge is 0.129 e. The van der Waals surface area contributed by atoms with Crippen molar-refractivity contribution in [3.8, 4) is 0 Å². The third-order valence-corrected chi connectivity index (χ3v) is 2.28. The van der Waals surface area contributed by atoms with E-state index in [9.17, 15) is 4.39 Å². The van der Waals surface area contributed by atoms with Gasteiger partial charge in [0.2, 0.25) is 0 Å². The highest BCUT2D eigenvalue weighted by Gasteiger charge is 1.99. The predicted octanol–water partition coefficient (Wildman–Crippen LogP) is 3.40. The summed E-state index contributed by atoms with van der Waals surface area (Å²) < 4.78 is 13.2. The van der Waals surface area contributed by atoms with Crippen molar-refractivity contribution in [2.45, 2.75) is 6.67 Å². The number of rotatable bonds is 1. The van der Waals surface area contributed by atoms with Crippen molar-refractivity contribution in [1.29, 1.82) is 0 Å². The molecule has 0 saturated heterocycles. The fraction of sp³-hybridized carbons (Fsp3) is 0.111. The van der Waals surface area contributed by atoms with Crippen molar-refractivity contribution < 1.29 is 4.39 Å². The Morgan fingerprint density at radius 2 is 2.17 bits per heavy atom. The molecule has 2 aromatic rings. The lowest BCUT2D eigenvalue weighted by Gasteiger charge is -1.89. The minimum absolute atomic E-state index is 0.438. The van der Waals surface area contributed by atoms with E-state index < -0.39 is 6.67 Å². The number of halogens is 2. The molecule has 0 atom stereocenters. The van der Waals surface area contributed by atoms with E-state index in [4.69, 9.17) is 0 Å². The molecule has 0 fully saturated rings. The summed E-state index contributed by atoms with van der Waals surface area (Å²) in [6.45, 7) is -0.438. The van der Waals surface area contributed by atoms with E-state index in [1.807, 2.05) is 24.3 Å². The third kappa shape index (κ3) is 1.25. The van der Waals surface area contributed by atoms with Crippen molar-refractivity contribution in [2.24, 2.45) is 0 Å². The molecule has 0 spiro atoms. The molecule has 0 bridgehead atoms. The standard InChI is InChI=1S/C9H7BrFN/c10-7-1-2-9-6(3-7)4-8(5-11)12-9/h1-4,12H,5H2. The van der Waals surface area contributed by atoms with Crippen LogP contribution in [0, 0.1) is 0 Å². The number of aromatic nitrogens is 1. The first kappa shape index (κ1) is 7.80. The number of benzene rings is 1. The summed E-state index contributed by atoms with van der Waals surface area (Å²) in [4.78, 5) is 2.98. The monoisotopic (exact) mass is 227 g/mol. The van der Waals surface area contributed by atoms with Crippen molar-refractivity contribution >= 4 is 26.8 Å². The Labute approximate surface area is 77.7 Å². The van der Waals surface area contributed by atoms with Gasteiger partial charge in [-0.3, -0.25) is 0 Å². The highest BCUT2D eigenvalue weighted by Crippen LogP contribution is 2.20. The Morgan fingerprint density at radius 3 is 2.92 bits per heavy atom. The van der Waals surface area contributed by atoms with Crippen molar-refractivity contribution in [3.05, 3.63) is 34.4 Å². The number of fused-ring (bicyclic) bond motifs is 1. The Morgan fingerprint density at radius 1 is 1.33 bits per heavy atom. The van der Waals surface area contributed by atoms with E-state index >= 15 is 0 Å². The molecule has 62 valence electrons. The topological polar surface area (TPSA) is 15.8 Å². The number of alkyl halides is 1. The normalized spacial score (nSPS) is 10.8. The zero-order valence-electron chi connectivity index (χ0n) is 6.27. The molecule has 1 nitrogen and oxygen atoms in total. The molecular formula is C9H7BrFN. The van der Waals surface area contributed by atoms with Gasteiger partial charge < -0.3 is 4.98 Å². The largest absolute Gasteiger partial charge is 0.356 e. The van der Waals surface area contributed by atoms with Crippen LogP contribution >= 0.6 is 15.9 Å². The Balaban J connectivity index is 2.67. The molecule has 0 unspecified atom stereocenters. The van der Waals surface area contributed by atoms with Crippen LogP contribution in [-0.4, -0.2) is 4.98 Å². The van der Waals surface area contributed by atoms with Crippen LogP contribution in [0.25, 0.3) is 10.9 Å². The molecule has 12 heavy (non-hydrogen) atoms. The van der Waals surface area contributed by atoms with Crippen molar-refractivity contribution in [1.82, 2.24) is 4.98 Å². The van der Waals surface area contributed by atoms with Crippen LogP contribution in [0.3, 0.4) is 0 Å². The highest BCUT2D eigenvalue weighted by molar-refractivity contribution is 9.10. The van der Waals surface area contributed by atoms with E-state index in [-0.39, 0.29) is 0 Å². The number of aromatic amines is 1. The molecule has 1 N–H and O–H groups in total. The minimum Gasteiger partial charge on any atom is -0.356 e. The summed E-state index contributed by atoms with van der Waals surface area (Å²) >= 11 is 3.36.